The van der Waals surface area contributed by atoms with Crippen molar-refractivity contribution in [3.05, 3.63) is 40.5 Å². The van der Waals surface area contributed by atoms with Gasteiger partial charge in [0.1, 0.15) is 5.82 Å². The number of benzene rings is 2. The molecule has 6 heteroatoms. The lowest BCUT2D eigenvalue weighted by Crippen LogP contribution is -2.29. The summed E-state index contributed by atoms with van der Waals surface area (Å²) >= 11 is 3.71. The van der Waals surface area contributed by atoms with Crippen LogP contribution in [0.1, 0.15) is 57.1 Å². The molecule has 0 bridgehead atoms. The average molecular weight is 507 g/mol. The average Bonchev–Trinajstić information content (AvgIpc) is 3.41. The van der Waals surface area contributed by atoms with Crippen molar-refractivity contribution in [2.75, 3.05) is 18.0 Å². The van der Waals surface area contributed by atoms with Gasteiger partial charge in [-0.1, -0.05) is 24.4 Å². The van der Waals surface area contributed by atoms with Crippen LogP contribution < -0.4 is 4.90 Å². The number of piperidine rings is 1. The van der Waals surface area contributed by atoms with Crippen molar-refractivity contribution < 1.29 is 4.52 Å². The van der Waals surface area contributed by atoms with Crippen LogP contribution in [-0.4, -0.2) is 27.8 Å². The van der Waals surface area contributed by atoms with Crippen LogP contribution in [0.5, 0.6) is 0 Å². The maximum absolute atomic E-state index is 5.53. The van der Waals surface area contributed by atoms with Crippen molar-refractivity contribution in [3.8, 4) is 11.4 Å². The van der Waals surface area contributed by atoms with Gasteiger partial charge in [0.05, 0.1) is 21.2 Å². The van der Waals surface area contributed by atoms with Gasteiger partial charge >= 0.3 is 0 Å². The number of imidazole rings is 1. The molecule has 6 rings (SSSR count). The summed E-state index contributed by atoms with van der Waals surface area (Å²) < 4.78 is 8.96. The molecule has 3 heterocycles. The van der Waals surface area contributed by atoms with Crippen LogP contribution in [0, 0.1) is 12.8 Å². The van der Waals surface area contributed by atoms with Crippen LogP contribution in [0.4, 0.5) is 5.69 Å². The quantitative estimate of drug-likeness (QED) is 0.287. The van der Waals surface area contributed by atoms with Crippen molar-refractivity contribution >= 4 is 43.6 Å². The van der Waals surface area contributed by atoms with Crippen molar-refractivity contribution in [1.82, 2.24) is 14.7 Å². The first-order chi connectivity index (χ1) is 16.2. The van der Waals surface area contributed by atoms with Crippen LogP contribution in [-0.2, 0) is 6.54 Å². The Hall–Kier alpha value is -2.34. The number of hydrogen-bond donors (Lipinski definition) is 0. The molecule has 0 unspecified atom stereocenters. The molecule has 0 radical (unpaired) electrons. The number of rotatable bonds is 4. The van der Waals surface area contributed by atoms with Gasteiger partial charge in [-0.3, -0.25) is 0 Å². The lowest BCUT2D eigenvalue weighted by molar-refractivity contribution is 0.323. The predicted molar refractivity (Wildman–Crippen MR) is 138 cm³/mol. The number of aromatic nitrogens is 3. The van der Waals surface area contributed by atoms with E-state index in [1.165, 1.54) is 62.6 Å². The highest BCUT2D eigenvalue weighted by molar-refractivity contribution is 9.10. The Morgan fingerprint density at radius 1 is 1.00 bits per heavy atom. The topological polar surface area (TPSA) is 47.1 Å². The second-order valence-corrected chi connectivity index (χ2v) is 10.7. The van der Waals surface area contributed by atoms with E-state index in [-0.39, 0.29) is 0 Å². The molecule has 2 fully saturated rings. The molecular weight excluding hydrogens is 476 g/mol. The minimum absolute atomic E-state index is 0.720. The summed E-state index contributed by atoms with van der Waals surface area (Å²) in [5.41, 5.74) is 6.52. The van der Waals surface area contributed by atoms with Crippen LogP contribution in [0.3, 0.4) is 0 Å². The Kier molecular flexibility index (Phi) is 5.65. The molecule has 0 atom stereocenters. The number of nitrogens with zero attached hydrogens (tertiary/aromatic N) is 4. The summed E-state index contributed by atoms with van der Waals surface area (Å²) in [6, 6.07) is 11.2. The van der Waals surface area contributed by atoms with Crippen LogP contribution in [0.15, 0.2) is 39.3 Å². The van der Waals surface area contributed by atoms with E-state index in [9.17, 15) is 0 Å². The maximum Gasteiger partial charge on any atom is 0.181 e. The first-order valence-corrected chi connectivity index (χ1v) is 13.3. The molecule has 1 saturated heterocycles. The van der Waals surface area contributed by atoms with Gasteiger partial charge in [0, 0.05) is 36.3 Å². The van der Waals surface area contributed by atoms with Crippen LogP contribution in [0.2, 0.25) is 0 Å². The predicted octanol–water partition coefficient (Wildman–Crippen LogP) is 7.49. The van der Waals surface area contributed by atoms with E-state index in [2.05, 4.69) is 60.9 Å². The molecule has 1 saturated carbocycles. The zero-order valence-electron chi connectivity index (χ0n) is 19.3. The normalized spacial score (nSPS) is 17.9. The van der Waals surface area contributed by atoms with Gasteiger partial charge in [-0.15, -0.1) is 0 Å². The van der Waals surface area contributed by atoms with E-state index in [4.69, 9.17) is 9.51 Å². The highest BCUT2D eigenvalue weighted by Crippen LogP contribution is 2.36. The molecule has 0 amide bonds. The Morgan fingerprint density at radius 3 is 2.61 bits per heavy atom. The fraction of sp³-hybridized carbons (Fsp3) is 0.481. The van der Waals surface area contributed by atoms with E-state index in [0.717, 1.165) is 63.6 Å². The third-order valence-electron chi connectivity index (χ3n) is 7.58. The van der Waals surface area contributed by atoms with E-state index in [1.807, 2.05) is 6.92 Å². The number of fused-ring (bicyclic) bond motifs is 2. The second kappa shape index (κ2) is 8.79. The summed E-state index contributed by atoms with van der Waals surface area (Å²) in [5, 5.41) is 5.22. The van der Waals surface area contributed by atoms with Crippen molar-refractivity contribution in [1.29, 1.82) is 0 Å². The Balaban J connectivity index is 1.49. The molecule has 4 aromatic rings. The summed E-state index contributed by atoms with van der Waals surface area (Å²) in [4.78, 5) is 7.71. The zero-order valence-corrected chi connectivity index (χ0v) is 20.9. The molecule has 172 valence electrons. The summed E-state index contributed by atoms with van der Waals surface area (Å²) in [6.07, 6.45) is 10.6. The lowest BCUT2D eigenvalue weighted by Gasteiger charge is -2.29. The fourth-order valence-corrected chi connectivity index (χ4v) is 6.27. The summed E-state index contributed by atoms with van der Waals surface area (Å²) in [6.45, 7) is 5.35. The second-order valence-electron chi connectivity index (χ2n) is 9.87. The molecule has 0 N–H and O–H groups in total. The number of anilines is 1. The molecule has 2 aliphatic rings. The number of halogens is 1. The molecule has 5 nitrogen and oxygen atoms in total. The Bertz CT molecular complexity index is 1290. The summed E-state index contributed by atoms with van der Waals surface area (Å²) in [5.74, 6) is 1.77. The van der Waals surface area contributed by atoms with Crippen molar-refractivity contribution in [2.24, 2.45) is 5.92 Å². The zero-order chi connectivity index (χ0) is 22.4. The van der Waals surface area contributed by atoms with Crippen LogP contribution >= 0.6 is 15.9 Å². The van der Waals surface area contributed by atoms with Gasteiger partial charge in [0.25, 0.3) is 0 Å². The van der Waals surface area contributed by atoms with Gasteiger partial charge in [-0.2, -0.15) is 0 Å². The third kappa shape index (κ3) is 3.96. The van der Waals surface area contributed by atoms with Gasteiger partial charge in [-0.25, -0.2) is 4.98 Å². The standard InChI is InChI=1S/C27H31BrN4O/c1-18-22-14-20(15-23(28)26(22)33-30-18)27-29-24-11-10-21(31-12-6-3-7-13-31)16-25(24)32(27)17-19-8-4-2-5-9-19/h10-11,14-16,19H,2-9,12-13,17H2,1H3. The molecule has 0 spiro atoms. The summed E-state index contributed by atoms with van der Waals surface area (Å²) in [7, 11) is 0. The molecule has 1 aliphatic heterocycles. The minimum Gasteiger partial charge on any atom is -0.371 e. The fourth-order valence-electron chi connectivity index (χ4n) is 5.74. The monoisotopic (exact) mass is 506 g/mol. The Morgan fingerprint density at radius 2 is 1.79 bits per heavy atom. The van der Waals surface area contributed by atoms with E-state index in [0.29, 0.717) is 0 Å². The molecule has 33 heavy (non-hydrogen) atoms. The molecule has 2 aromatic heterocycles. The van der Waals surface area contributed by atoms with E-state index < -0.39 is 0 Å². The van der Waals surface area contributed by atoms with Gasteiger partial charge in [0.15, 0.2) is 5.58 Å². The molecular formula is C27H31BrN4O. The van der Waals surface area contributed by atoms with Gasteiger partial charge < -0.3 is 14.0 Å². The SMILES string of the molecule is Cc1noc2c(Br)cc(-c3nc4ccc(N5CCCCC5)cc4n3CC3CCCCC3)cc12. The first-order valence-electron chi connectivity index (χ1n) is 12.5. The highest BCUT2D eigenvalue weighted by atomic mass is 79.9. The maximum atomic E-state index is 5.53. The van der Waals surface area contributed by atoms with E-state index >= 15 is 0 Å². The number of hydrogen-bond acceptors (Lipinski definition) is 4. The smallest absolute Gasteiger partial charge is 0.181 e. The largest absolute Gasteiger partial charge is 0.371 e. The van der Waals surface area contributed by atoms with E-state index in [1.54, 1.807) is 0 Å². The van der Waals surface area contributed by atoms with Crippen LogP contribution in [0.25, 0.3) is 33.4 Å². The van der Waals surface area contributed by atoms with Gasteiger partial charge in [-0.05, 0) is 91.2 Å². The van der Waals surface area contributed by atoms with Crippen molar-refractivity contribution in [2.45, 2.75) is 64.8 Å². The minimum atomic E-state index is 0.720. The van der Waals surface area contributed by atoms with Crippen molar-refractivity contribution in [3.63, 3.8) is 0 Å². The lowest BCUT2D eigenvalue weighted by atomic mass is 9.89. The molecule has 2 aromatic carbocycles. The third-order valence-corrected chi connectivity index (χ3v) is 8.17. The highest BCUT2D eigenvalue weighted by Gasteiger charge is 2.22. The first kappa shape index (κ1) is 21.2. The van der Waals surface area contributed by atoms with Gasteiger partial charge in [0.2, 0.25) is 0 Å². The Labute approximate surface area is 203 Å². The number of aryl methyl sites for hydroxylation is 1. The molecule has 1 aliphatic carbocycles.